The number of carbonyl (C=O) groups excluding carboxylic acids is 1. The summed E-state index contributed by atoms with van der Waals surface area (Å²) in [6, 6.07) is 12.0. The van der Waals surface area contributed by atoms with Gasteiger partial charge in [0.15, 0.2) is 0 Å². The Morgan fingerprint density at radius 2 is 2.13 bits per heavy atom. The molecule has 3 aromatic rings. The highest BCUT2D eigenvalue weighted by Gasteiger charge is 2.11. The zero-order valence-electron chi connectivity index (χ0n) is 12.9. The van der Waals surface area contributed by atoms with Gasteiger partial charge in [0, 0.05) is 17.4 Å². The van der Waals surface area contributed by atoms with E-state index in [0.29, 0.717) is 17.6 Å². The molecule has 4 nitrogen and oxygen atoms in total. The van der Waals surface area contributed by atoms with Crippen molar-refractivity contribution >= 4 is 30.1 Å². The molecule has 0 bridgehead atoms. The predicted molar refractivity (Wildman–Crippen MR) is 90.6 cm³/mol. The van der Waals surface area contributed by atoms with E-state index in [1.54, 1.807) is 21.0 Å². The smallest absolute Gasteiger partial charge is 0.267 e. The third kappa shape index (κ3) is 3.21. The Bertz CT molecular complexity index is 876. The summed E-state index contributed by atoms with van der Waals surface area (Å²) in [5.41, 5.74) is 2.90. The Kier molecular flexibility index (Phi) is 4.06. The van der Waals surface area contributed by atoms with Crippen molar-refractivity contribution in [2.24, 2.45) is 0 Å². The van der Waals surface area contributed by atoms with E-state index in [0.717, 1.165) is 22.3 Å². The van der Waals surface area contributed by atoms with Gasteiger partial charge < -0.3 is 15.0 Å². The maximum atomic E-state index is 13.4. The van der Waals surface area contributed by atoms with E-state index in [-0.39, 0.29) is 11.7 Å². The number of hydrogen-bond acceptors (Lipinski definition) is 2. The number of fused-ring (bicyclic) bond motifs is 1. The van der Waals surface area contributed by atoms with Crippen LogP contribution < -0.4 is 15.5 Å². The second kappa shape index (κ2) is 6.16. The van der Waals surface area contributed by atoms with Crippen LogP contribution in [0.25, 0.3) is 10.9 Å². The molecule has 116 valence electrons. The summed E-state index contributed by atoms with van der Waals surface area (Å²) in [7, 11) is 3.41. The van der Waals surface area contributed by atoms with Crippen LogP contribution >= 0.6 is 0 Å². The quantitative estimate of drug-likeness (QED) is 0.718. The molecule has 0 unspecified atom stereocenters. The second-order valence-electron chi connectivity index (χ2n) is 5.40. The molecule has 0 fully saturated rings. The zero-order valence-corrected chi connectivity index (χ0v) is 12.9. The Balaban J connectivity index is 1.76. The largest absolute Gasteiger partial charge is 0.497 e. The van der Waals surface area contributed by atoms with E-state index in [9.17, 15) is 9.18 Å². The number of nitrogens with one attached hydrogen (secondary N) is 2. The number of benzene rings is 2. The highest BCUT2D eigenvalue weighted by atomic mass is 19.1. The highest BCUT2D eigenvalue weighted by Crippen LogP contribution is 2.15. The van der Waals surface area contributed by atoms with Crippen molar-refractivity contribution in [2.45, 2.75) is 6.54 Å². The van der Waals surface area contributed by atoms with Gasteiger partial charge in [-0.15, -0.1) is 0 Å². The average molecular weight is 310 g/mol. The molecule has 0 radical (unpaired) electrons. The van der Waals surface area contributed by atoms with Crippen molar-refractivity contribution in [1.29, 1.82) is 0 Å². The SMILES string of the molecule is Bc1cc(F)cc2cc(C(=O)NCc3cccc(OC)c3)[nH]c12. The Morgan fingerprint density at radius 1 is 1.30 bits per heavy atom. The van der Waals surface area contributed by atoms with Crippen LogP contribution in [0, 0.1) is 5.82 Å². The molecule has 2 N–H and O–H groups in total. The minimum Gasteiger partial charge on any atom is -0.497 e. The number of hydrogen-bond donors (Lipinski definition) is 2. The number of methoxy groups -OCH3 is 1. The number of halogens is 1. The van der Waals surface area contributed by atoms with Gasteiger partial charge in [-0.1, -0.05) is 17.6 Å². The molecule has 2 aromatic carbocycles. The summed E-state index contributed by atoms with van der Waals surface area (Å²) >= 11 is 0. The first-order chi connectivity index (χ1) is 11.1. The van der Waals surface area contributed by atoms with Crippen LogP contribution in [0.1, 0.15) is 16.1 Å². The lowest BCUT2D eigenvalue weighted by atomic mass is 9.94. The first-order valence-corrected chi connectivity index (χ1v) is 7.27. The van der Waals surface area contributed by atoms with Crippen molar-refractivity contribution in [3.8, 4) is 5.75 Å². The number of carbonyl (C=O) groups is 1. The Hall–Kier alpha value is -2.76. The molecule has 0 spiro atoms. The van der Waals surface area contributed by atoms with E-state index in [1.165, 1.54) is 12.1 Å². The average Bonchev–Trinajstić information content (AvgIpc) is 2.97. The molecule has 1 aromatic heterocycles. The fourth-order valence-electron chi connectivity index (χ4n) is 2.56. The summed E-state index contributed by atoms with van der Waals surface area (Å²) in [5, 5.41) is 3.53. The van der Waals surface area contributed by atoms with E-state index in [4.69, 9.17) is 4.74 Å². The van der Waals surface area contributed by atoms with E-state index in [1.807, 2.05) is 24.3 Å². The van der Waals surface area contributed by atoms with Crippen LogP contribution in [0.3, 0.4) is 0 Å². The first-order valence-electron chi connectivity index (χ1n) is 7.27. The van der Waals surface area contributed by atoms with Gasteiger partial charge in [-0.05, 0) is 35.9 Å². The van der Waals surface area contributed by atoms with Crippen molar-refractivity contribution in [1.82, 2.24) is 10.3 Å². The van der Waals surface area contributed by atoms with Crippen LogP contribution in [0.4, 0.5) is 4.39 Å². The molecule has 6 heteroatoms. The molecule has 1 amide bonds. The van der Waals surface area contributed by atoms with Crippen LogP contribution in [0.2, 0.25) is 0 Å². The molecule has 23 heavy (non-hydrogen) atoms. The molecule has 0 saturated carbocycles. The molecule has 3 rings (SSSR count). The molecule has 0 atom stereocenters. The highest BCUT2D eigenvalue weighted by molar-refractivity contribution is 6.38. The fourth-order valence-corrected chi connectivity index (χ4v) is 2.56. The molecular formula is C17H16BFN2O2. The van der Waals surface area contributed by atoms with Crippen molar-refractivity contribution in [3.05, 3.63) is 59.5 Å². The number of aromatic nitrogens is 1. The van der Waals surface area contributed by atoms with Crippen LogP contribution in [0.5, 0.6) is 5.75 Å². The summed E-state index contributed by atoms with van der Waals surface area (Å²) < 4.78 is 18.6. The van der Waals surface area contributed by atoms with Gasteiger partial charge in [-0.2, -0.15) is 0 Å². The molecule has 0 aliphatic heterocycles. The lowest BCUT2D eigenvalue weighted by Gasteiger charge is -2.06. The van der Waals surface area contributed by atoms with Crippen molar-refractivity contribution < 1.29 is 13.9 Å². The van der Waals surface area contributed by atoms with E-state index >= 15 is 0 Å². The van der Waals surface area contributed by atoms with Crippen LogP contribution in [-0.2, 0) is 6.54 Å². The third-order valence-electron chi connectivity index (χ3n) is 3.72. The summed E-state index contributed by atoms with van der Waals surface area (Å²) in [4.78, 5) is 15.3. The number of aromatic amines is 1. The first kappa shape index (κ1) is 15.2. The lowest BCUT2D eigenvalue weighted by Crippen LogP contribution is -2.23. The molecule has 1 heterocycles. The fraction of sp³-hybridized carbons (Fsp3) is 0.118. The summed E-state index contributed by atoms with van der Waals surface area (Å²) in [6.07, 6.45) is 0. The molecule has 0 saturated heterocycles. The second-order valence-corrected chi connectivity index (χ2v) is 5.40. The Labute approximate surface area is 134 Å². The minimum atomic E-state index is -0.308. The Morgan fingerprint density at radius 3 is 2.91 bits per heavy atom. The van der Waals surface area contributed by atoms with Crippen molar-refractivity contribution in [3.63, 3.8) is 0 Å². The standard InChI is InChI=1S/C17H16BFN2O2/c1-23-13-4-2-3-10(5-13)9-20-17(22)15-7-11-6-12(19)8-14(18)16(11)21-15/h2-8,21H,9,18H2,1H3,(H,20,22). The van der Waals surface area contributed by atoms with Gasteiger partial charge >= 0.3 is 0 Å². The van der Waals surface area contributed by atoms with E-state index in [2.05, 4.69) is 10.3 Å². The number of amides is 1. The van der Waals surface area contributed by atoms with Gasteiger partial charge in [-0.25, -0.2) is 4.39 Å². The van der Waals surface area contributed by atoms with Gasteiger partial charge in [0.1, 0.15) is 25.1 Å². The third-order valence-corrected chi connectivity index (χ3v) is 3.72. The number of ether oxygens (including phenoxy) is 1. The lowest BCUT2D eigenvalue weighted by molar-refractivity contribution is 0.0946. The van der Waals surface area contributed by atoms with Crippen LogP contribution in [-0.4, -0.2) is 25.8 Å². The summed E-state index contributed by atoms with van der Waals surface area (Å²) in [6.45, 7) is 0.388. The van der Waals surface area contributed by atoms with E-state index < -0.39 is 0 Å². The number of rotatable bonds is 4. The minimum absolute atomic E-state index is 0.233. The molecule has 0 aliphatic carbocycles. The van der Waals surface area contributed by atoms with Gasteiger partial charge in [-0.3, -0.25) is 4.79 Å². The monoisotopic (exact) mass is 310 g/mol. The van der Waals surface area contributed by atoms with Crippen LogP contribution in [0.15, 0.2) is 42.5 Å². The van der Waals surface area contributed by atoms with Crippen molar-refractivity contribution in [2.75, 3.05) is 7.11 Å². The topological polar surface area (TPSA) is 54.1 Å². The predicted octanol–water partition coefficient (Wildman–Crippen LogP) is 1.50. The summed E-state index contributed by atoms with van der Waals surface area (Å²) in [5.74, 6) is 0.203. The maximum absolute atomic E-state index is 13.4. The maximum Gasteiger partial charge on any atom is 0.267 e. The van der Waals surface area contributed by atoms with Gasteiger partial charge in [0.25, 0.3) is 5.91 Å². The molecular weight excluding hydrogens is 294 g/mol. The molecule has 0 aliphatic rings. The van der Waals surface area contributed by atoms with Gasteiger partial charge in [0.05, 0.1) is 7.11 Å². The van der Waals surface area contributed by atoms with Gasteiger partial charge in [0.2, 0.25) is 0 Å². The number of H-pyrrole nitrogens is 1. The zero-order chi connectivity index (χ0) is 16.4. The normalized spacial score (nSPS) is 10.7.